The fourth-order valence-electron chi connectivity index (χ4n) is 0.744. The fraction of sp³-hybridized carbons (Fsp3) is 0.333. The smallest absolute Gasteiger partial charge is 0.118 e. The Hall–Kier alpha value is -1.42. The monoisotopic (exact) mass is 179 g/mol. The molecule has 0 aromatic carbocycles. The minimum atomic E-state index is 0.555. The minimum Gasteiger partial charge on any atom is -0.396 e. The molecule has 0 saturated heterocycles. The average Bonchev–Trinajstić information content (AvgIpc) is 2.19. The molecular formula is C9H13N3O. The molecule has 0 fully saturated rings. The molecule has 0 aliphatic rings. The molecule has 2 N–H and O–H groups in total. The Morgan fingerprint density at radius 3 is 3.15 bits per heavy atom. The third kappa shape index (κ3) is 4.22. The second kappa shape index (κ2) is 6.14. The van der Waals surface area contributed by atoms with Crippen molar-refractivity contribution in [3.63, 3.8) is 0 Å². The van der Waals surface area contributed by atoms with Crippen LogP contribution in [0.15, 0.2) is 29.6 Å². The van der Waals surface area contributed by atoms with E-state index in [4.69, 9.17) is 10.6 Å². The van der Waals surface area contributed by atoms with E-state index in [0.717, 1.165) is 12.1 Å². The molecule has 4 nitrogen and oxygen atoms in total. The molecular weight excluding hydrogens is 166 g/mol. The summed E-state index contributed by atoms with van der Waals surface area (Å²) in [5.41, 5.74) is 6.06. The highest BCUT2D eigenvalue weighted by atomic mass is 16.6. The second-order valence-electron chi connectivity index (χ2n) is 2.46. The van der Waals surface area contributed by atoms with Crippen LogP contribution in [0.4, 0.5) is 0 Å². The van der Waals surface area contributed by atoms with Gasteiger partial charge in [-0.3, -0.25) is 4.98 Å². The predicted molar refractivity (Wildman–Crippen MR) is 51.5 cm³/mol. The summed E-state index contributed by atoms with van der Waals surface area (Å²) in [5, 5.41) is 3.74. The van der Waals surface area contributed by atoms with Crippen molar-refractivity contribution in [2.24, 2.45) is 10.9 Å². The van der Waals surface area contributed by atoms with Gasteiger partial charge in [-0.25, -0.2) is 0 Å². The Balaban J connectivity index is 2.25. The highest BCUT2D eigenvalue weighted by Gasteiger charge is 1.85. The fourth-order valence-corrected chi connectivity index (χ4v) is 0.744. The van der Waals surface area contributed by atoms with Crippen molar-refractivity contribution in [3.8, 4) is 0 Å². The molecule has 1 rings (SSSR count). The van der Waals surface area contributed by atoms with E-state index in [0.29, 0.717) is 13.2 Å². The third-order valence-corrected chi connectivity index (χ3v) is 1.39. The van der Waals surface area contributed by atoms with Crippen LogP contribution in [0, 0.1) is 0 Å². The van der Waals surface area contributed by atoms with Gasteiger partial charge < -0.3 is 10.6 Å². The van der Waals surface area contributed by atoms with Gasteiger partial charge in [-0.15, -0.1) is 0 Å². The lowest BCUT2D eigenvalue weighted by atomic mass is 10.4. The number of hydrogen-bond acceptors (Lipinski definition) is 4. The van der Waals surface area contributed by atoms with Crippen molar-refractivity contribution < 1.29 is 4.84 Å². The van der Waals surface area contributed by atoms with Gasteiger partial charge in [0.1, 0.15) is 6.61 Å². The van der Waals surface area contributed by atoms with Crippen LogP contribution < -0.4 is 5.73 Å². The Morgan fingerprint density at radius 2 is 2.46 bits per heavy atom. The Kier molecular flexibility index (Phi) is 4.56. The summed E-state index contributed by atoms with van der Waals surface area (Å²) in [6.07, 6.45) is 4.11. The topological polar surface area (TPSA) is 60.5 Å². The maximum atomic E-state index is 5.28. The molecule has 4 heteroatoms. The molecule has 1 aromatic rings. The molecule has 0 amide bonds. The van der Waals surface area contributed by atoms with Gasteiger partial charge >= 0.3 is 0 Å². The van der Waals surface area contributed by atoms with Crippen molar-refractivity contribution in [1.82, 2.24) is 4.98 Å². The minimum absolute atomic E-state index is 0.555. The lowest BCUT2D eigenvalue weighted by Crippen LogP contribution is -2.02. The first-order valence-electron chi connectivity index (χ1n) is 4.20. The van der Waals surface area contributed by atoms with E-state index in [2.05, 4.69) is 10.1 Å². The molecule has 0 radical (unpaired) electrons. The summed E-state index contributed by atoms with van der Waals surface area (Å²) >= 11 is 0. The standard InChI is InChI=1S/C9H13N3O/c10-5-3-7-13-12-8-9-4-1-2-6-11-9/h1-2,4,6,8H,3,5,7,10H2. The SMILES string of the molecule is NCCCON=Cc1ccccn1. The van der Waals surface area contributed by atoms with Crippen LogP contribution in [0.25, 0.3) is 0 Å². The molecule has 0 aliphatic heterocycles. The maximum absolute atomic E-state index is 5.28. The van der Waals surface area contributed by atoms with E-state index in [1.165, 1.54) is 0 Å². The first-order chi connectivity index (χ1) is 6.43. The van der Waals surface area contributed by atoms with Crippen LogP contribution in [0.5, 0.6) is 0 Å². The molecule has 0 spiro atoms. The van der Waals surface area contributed by atoms with Crippen molar-refractivity contribution in [3.05, 3.63) is 30.1 Å². The number of oxime groups is 1. The molecule has 0 unspecified atom stereocenters. The molecule has 0 atom stereocenters. The van der Waals surface area contributed by atoms with Gasteiger partial charge in [0, 0.05) is 6.20 Å². The zero-order valence-electron chi connectivity index (χ0n) is 7.39. The van der Waals surface area contributed by atoms with E-state index in [1.54, 1.807) is 12.4 Å². The van der Waals surface area contributed by atoms with Crippen LogP contribution >= 0.6 is 0 Å². The second-order valence-corrected chi connectivity index (χ2v) is 2.46. The first kappa shape index (κ1) is 9.67. The summed E-state index contributed by atoms with van der Waals surface area (Å²) in [7, 11) is 0. The quantitative estimate of drug-likeness (QED) is 0.413. The lowest BCUT2D eigenvalue weighted by Gasteiger charge is -1.95. The largest absolute Gasteiger partial charge is 0.396 e. The van der Waals surface area contributed by atoms with Gasteiger partial charge in [-0.1, -0.05) is 11.2 Å². The van der Waals surface area contributed by atoms with E-state index in [-0.39, 0.29) is 0 Å². The van der Waals surface area contributed by atoms with E-state index >= 15 is 0 Å². The maximum Gasteiger partial charge on any atom is 0.118 e. The summed E-state index contributed by atoms with van der Waals surface area (Å²) < 4.78 is 0. The van der Waals surface area contributed by atoms with Crippen molar-refractivity contribution >= 4 is 6.21 Å². The molecule has 0 aliphatic carbocycles. The highest BCUT2D eigenvalue weighted by Crippen LogP contribution is 1.89. The van der Waals surface area contributed by atoms with Crippen LogP contribution in [-0.2, 0) is 4.84 Å². The summed E-state index contributed by atoms with van der Waals surface area (Å²) in [5.74, 6) is 0. The Morgan fingerprint density at radius 1 is 1.54 bits per heavy atom. The predicted octanol–water partition coefficient (Wildman–Crippen LogP) is 0.781. The Bertz CT molecular complexity index is 248. The molecule has 1 aromatic heterocycles. The van der Waals surface area contributed by atoms with Gasteiger partial charge in [-0.05, 0) is 25.1 Å². The summed E-state index contributed by atoms with van der Waals surface area (Å²) in [4.78, 5) is 8.97. The lowest BCUT2D eigenvalue weighted by molar-refractivity contribution is 0.145. The summed E-state index contributed by atoms with van der Waals surface area (Å²) in [6, 6.07) is 5.61. The van der Waals surface area contributed by atoms with Gasteiger partial charge in [-0.2, -0.15) is 0 Å². The molecule has 70 valence electrons. The molecule has 13 heavy (non-hydrogen) atoms. The number of nitrogens with two attached hydrogens (primary N) is 1. The summed E-state index contributed by atoms with van der Waals surface area (Å²) in [6.45, 7) is 1.18. The number of rotatable bonds is 5. The average molecular weight is 179 g/mol. The normalized spacial score (nSPS) is 10.5. The molecule has 0 saturated carbocycles. The molecule has 1 heterocycles. The van der Waals surface area contributed by atoms with Gasteiger partial charge in [0.25, 0.3) is 0 Å². The first-order valence-corrected chi connectivity index (χ1v) is 4.20. The van der Waals surface area contributed by atoms with Gasteiger partial charge in [0.05, 0.1) is 11.9 Å². The van der Waals surface area contributed by atoms with Crippen LogP contribution in [0.1, 0.15) is 12.1 Å². The van der Waals surface area contributed by atoms with Crippen LogP contribution in [0.2, 0.25) is 0 Å². The Labute approximate surface area is 77.4 Å². The van der Waals surface area contributed by atoms with Crippen LogP contribution in [0.3, 0.4) is 0 Å². The third-order valence-electron chi connectivity index (χ3n) is 1.39. The number of nitrogens with zero attached hydrogens (tertiary/aromatic N) is 2. The van der Waals surface area contributed by atoms with Crippen molar-refractivity contribution in [2.45, 2.75) is 6.42 Å². The van der Waals surface area contributed by atoms with Crippen molar-refractivity contribution in [2.75, 3.05) is 13.2 Å². The zero-order valence-corrected chi connectivity index (χ0v) is 7.39. The molecule has 0 bridgehead atoms. The highest BCUT2D eigenvalue weighted by molar-refractivity contribution is 5.76. The van der Waals surface area contributed by atoms with Crippen LogP contribution in [-0.4, -0.2) is 24.4 Å². The van der Waals surface area contributed by atoms with Crippen molar-refractivity contribution in [1.29, 1.82) is 0 Å². The zero-order chi connectivity index (χ0) is 9.36. The van der Waals surface area contributed by atoms with E-state index < -0.39 is 0 Å². The van der Waals surface area contributed by atoms with Gasteiger partial charge in [0.15, 0.2) is 0 Å². The number of pyridine rings is 1. The number of aromatic nitrogens is 1. The number of hydrogen-bond donors (Lipinski definition) is 1. The van der Waals surface area contributed by atoms with Gasteiger partial charge in [0.2, 0.25) is 0 Å². The van der Waals surface area contributed by atoms with E-state index in [9.17, 15) is 0 Å². The van der Waals surface area contributed by atoms with E-state index in [1.807, 2.05) is 18.2 Å².